The van der Waals surface area contributed by atoms with Crippen LogP contribution in [0.25, 0.3) is 11.4 Å². The predicted octanol–water partition coefficient (Wildman–Crippen LogP) is 1.29. The van der Waals surface area contributed by atoms with Crippen LogP contribution >= 0.6 is 11.6 Å². The van der Waals surface area contributed by atoms with E-state index >= 15 is 0 Å². The van der Waals surface area contributed by atoms with E-state index in [1.165, 1.54) is 22.8 Å². The van der Waals surface area contributed by atoms with Gasteiger partial charge < -0.3 is 15.3 Å². The maximum absolute atomic E-state index is 13.5. The summed E-state index contributed by atoms with van der Waals surface area (Å²) in [6, 6.07) is 2.00. The number of carbonyl (C=O) groups is 2. The van der Waals surface area contributed by atoms with Crippen molar-refractivity contribution in [1.82, 2.24) is 30.2 Å². The van der Waals surface area contributed by atoms with E-state index in [0.29, 0.717) is 16.4 Å². The second-order valence-electron chi connectivity index (χ2n) is 8.22. The smallest absolute Gasteiger partial charge is 0.248 e. The number of aliphatic hydroxyl groups excluding tert-OH is 1. The van der Waals surface area contributed by atoms with Gasteiger partial charge in [-0.25, -0.2) is 4.68 Å². The number of β-amino-alcohol motifs (C(OH)–C–C–N with tert-alkyl or cyclic N) is 1. The summed E-state index contributed by atoms with van der Waals surface area (Å²) in [5.74, 6) is -0.588. The summed E-state index contributed by atoms with van der Waals surface area (Å²) in [6.45, 7) is 5.85. The van der Waals surface area contributed by atoms with Gasteiger partial charge in [0.15, 0.2) is 0 Å². The number of likely N-dealkylation sites (N-methyl/N-ethyl adjacent to an activating group) is 1. The van der Waals surface area contributed by atoms with Crippen LogP contribution in [0.5, 0.6) is 0 Å². The average Bonchev–Trinajstić information content (AvgIpc) is 3.27. The number of aromatic nitrogens is 4. The number of rotatable bonds is 4. The molecular weight excluding hydrogens is 396 g/mol. The van der Waals surface area contributed by atoms with Crippen LogP contribution in [-0.2, 0) is 9.59 Å². The molecule has 0 saturated carbocycles. The molecule has 0 aliphatic carbocycles. The Labute approximate surface area is 174 Å². The topological polar surface area (TPSA) is 113 Å². The number of amides is 2. The largest absolute Gasteiger partial charge is 0.391 e. The van der Waals surface area contributed by atoms with Crippen molar-refractivity contribution in [3.63, 3.8) is 0 Å². The van der Waals surface area contributed by atoms with Gasteiger partial charge in [0.1, 0.15) is 17.8 Å². The van der Waals surface area contributed by atoms with Crippen molar-refractivity contribution in [2.75, 3.05) is 13.6 Å². The molecule has 3 heterocycles. The first kappa shape index (κ1) is 21.2. The van der Waals surface area contributed by atoms with E-state index in [0.717, 1.165) is 0 Å². The molecule has 1 fully saturated rings. The van der Waals surface area contributed by atoms with Crippen LogP contribution in [0.3, 0.4) is 0 Å². The SMILES string of the molecule is CNC(=O)C1CC(O)CN1C(=O)[C@@H](n1cc(-c2ccc(Cl)cn2)nn1)C(C)(C)C. The Morgan fingerprint density at radius 3 is 2.62 bits per heavy atom. The van der Waals surface area contributed by atoms with Gasteiger partial charge in [-0.2, -0.15) is 0 Å². The van der Waals surface area contributed by atoms with E-state index in [2.05, 4.69) is 20.6 Å². The van der Waals surface area contributed by atoms with Crippen LogP contribution in [-0.4, -0.2) is 67.5 Å². The lowest BCUT2D eigenvalue weighted by molar-refractivity contribution is -0.144. The molecule has 1 aliphatic heterocycles. The second kappa shape index (κ2) is 8.08. The summed E-state index contributed by atoms with van der Waals surface area (Å²) < 4.78 is 1.50. The van der Waals surface area contributed by atoms with Gasteiger partial charge in [0.25, 0.3) is 0 Å². The molecule has 2 N–H and O–H groups in total. The number of hydrogen-bond acceptors (Lipinski definition) is 6. The van der Waals surface area contributed by atoms with Crippen LogP contribution in [0.2, 0.25) is 5.02 Å². The van der Waals surface area contributed by atoms with Crippen LogP contribution < -0.4 is 5.32 Å². The van der Waals surface area contributed by atoms with Crippen molar-refractivity contribution >= 4 is 23.4 Å². The van der Waals surface area contributed by atoms with Crippen molar-refractivity contribution in [1.29, 1.82) is 0 Å². The number of carbonyl (C=O) groups excluding carboxylic acids is 2. The van der Waals surface area contributed by atoms with E-state index in [9.17, 15) is 14.7 Å². The molecule has 0 bridgehead atoms. The van der Waals surface area contributed by atoms with Crippen LogP contribution in [0.4, 0.5) is 0 Å². The van der Waals surface area contributed by atoms with E-state index in [1.807, 2.05) is 20.8 Å². The maximum Gasteiger partial charge on any atom is 0.248 e. The van der Waals surface area contributed by atoms with Crippen LogP contribution in [0.15, 0.2) is 24.5 Å². The average molecular weight is 421 g/mol. The van der Waals surface area contributed by atoms with Gasteiger partial charge in [0.2, 0.25) is 11.8 Å². The molecule has 1 saturated heterocycles. The summed E-state index contributed by atoms with van der Waals surface area (Å²) in [5.41, 5.74) is 0.574. The minimum Gasteiger partial charge on any atom is -0.391 e. The zero-order valence-corrected chi connectivity index (χ0v) is 17.6. The predicted molar refractivity (Wildman–Crippen MR) is 107 cm³/mol. The third-order valence-corrected chi connectivity index (χ3v) is 5.15. The van der Waals surface area contributed by atoms with E-state index in [-0.39, 0.29) is 24.8 Å². The quantitative estimate of drug-likeness (QED) is 0.770. The van der Waals surface area contributed by atoms with Crippen molar-refractivity contribution in [3.8, 4) is 11.4 Å². The molecule has 2 aromatic rings. The fourth-order valence-corrected chi connectivity index (χ4v) is 3.67. The molecule has 2 unspecified atom stereocenters. The van der Waals surface area contributed by atoms with E-state index in [1.54, 1.807) is 18.3 Å². The van der Waals surface area contributed by atoms with Gasteiger partial charge in [-0.3, -0.25) is 14.6 Å². The molecule has 29 heavy (non-hydrogen) atoms. The molecule has 10 heteroatoms. The van der Waals surface area contributed by atoms with E-state index < -0.39 is 23.6 Å². The summed E-state index contributed by atoms with van der Waals surface area (Å²) in [5, 5.41) is 21.5. The second-order valence-corrected chi connectivity index (χ2v) is 8.66. The number of nitrogens with zero attached hydrogens (tertiary/aromatic N) is 5. The number of hydrogen-bond donors (Lipinski definition) is 2. The summed E-state index contributed by atoms with van der Waals surface area (Å²) in [7, 11) is 1.51. The minimum atomic E-state index is -0.744. The van der Waals surface area contributed by atoms with E-state index in [4.69, 9.17) is 11.6 Å². The number of halogens is 1. The Kier molecular flexibility index (Phi) is 5.90. The van der Waals surface area contributed by atoms with Crippen LogP contribution in [0.1, 0.15) is 33.2 Å². The molecule has 0 aromatic carbocycles. The van der Waals surface area contributed by atoms with Gasteiger partial charge in [0, 0.05) is 26.2 Å². The highest BCUT2D eigenvalue weighted by atomic mass is 35.5. The normalized spacial score (nSPS) is 20.6. The summed E-state index contributed by atoms with van der Waals surface area (Å²) in [4.78, 5) is 31.4. The zero-order valence-electron chi connectivity index (χ0n) is 16.8. The van der Waals surface area contributed by atoms with Gasteiger partial charge >= 0.3 is 0 Å². The molecule has 0 radical (unpaired) electrons. The first-order valence-electron chi connectivity index (χ1n) is 9.35. The molecule has 0 spiro atoms. The Morgan fingerprint density at radius 1 is 1.31 bits per heavy atom. The van der Waals surface area contributed by atoms with Crippen molar-refractivity contribution in [2.24, 2.45) is 5.41 Å². The molecule has 3 atom stereocenters. The van der Waals surface area contributed by atoms with Gasteiger partial charge in [0.05, 0.1) is 23.0 Å². The molecule has 2 aromatic heterocycles. The lowest BCUT2D eigenvalue weighted by atomic mass is 9.85. The van der Waals surface area contributed by atoms with Crippen molar-refractivity contribution < 1.29 is 14.7 Å². The number of nitrogens with one attached hydrogen (secondary N) is 1. The Hall–Kier alpha value is -2.52. The maximum atomic E-state index is 13.5. The lowest BCUT2D eigenvalue weighted by Crippen LogP contribution is -2.49. The highest BCUT2D eigenvalue weighted by Crippen LogP contribution is 2.34. The Balaban J connectivity index is 1.94. The Morgan fingerprint density at radius 2 is 2.03 bits per heavy atom. The number of pyridine rings is 1. The summed E-state index contributed by atoms with van der Waals surface area (Å²) in [6.07, 6.45) is 2.64. The molecule has 3 rings (SSSR count). The molecule has 2 amide bonds. The highest BCUT2D eigenvalue weighted by Gasteiger charge is 2.45. The fraction of sp³-hybridized carbons (Fsp3) is 0.526. The van der Waals surface area contributed by atoms with Gasteiger partial charge in [-0.05, 0) is 17.5 Å². The monoisotopic (exact) mass is 420 g/mol. The first-order valence-corrected chi connectivity index (χ1v) is 9.73. The van der Waals surface area contributed by atoms with Crippen molar-refractivity contribution in [2.45, 2.75) is 45.4 Å². The standard InChI is InChI=1S/C19H25ClN6O3/c1-19(2,3)16(18(29)25-9-12(27)7-15(25)17(28)21-4)26-10-14(23-24-26)13-6-5-11(20)8-22-13/h5-6,8,10,12,15-16,27H,7,9H2,1-4H3,(H,21,28)/t12?,15?,16-/m1/s1. The zero-order chi connectivity index (χ0) is 21.3. The molecular formula is C19H25ClN6O3. The van der Waals surface area contributed by atoms with Crippen molar-refractivity contribution in [3.05, 3.63) is 29.5 Å². The number of aliphatic hydroxyl groups is 1. The summed E-state index contributed by atoms with van der Waals surface area (Å²) >= 11 is 5.88. The first-order chi connectivity index (χ1) is 13.6. The van der Waals surface area contributed by atoms with Crippen LogP contribution in [0, 0.1) is 5.41 Å². The molecule has 156 valence electrons. The highest BCUT2D eigenvalue weighted by molar-refractivity contribution is 6.30. The van der Waals surface area contributed by atoms with Gasteiger partial charge in [-0.1, -0.05) is 37.6 Å². The fourth-order valence-electron chi connectivity index (χ4n) is 3.56. The van der Waals surface area contributed by atoms with Gasteiger partial charge in [-0.15, -0.1) is 5.10 Å². The third kappa shape index (κ3) is 4.40. The third-order valence-electron chi connectivity index (χ3n) is 4.93. The molecule has 9 nitrogen and oxygen atoms in total. The number of likely N-dealkylation sites (tertiary alicyclic amines) is 1. The minimum absolute atomic E-state index is 0.101. The Bertz CT molecular complexity index is 892. The molecule has 1 aliphatic rings. The lowest BCUT2D eigenvalue weighted by Gasteiger charge is -2.34.